The number of nitrogens with two attached hydrogens (primary N) is 1. The van der Waals surface area contributed by atoms with Gasteiger partial charge < -0.3 is 23.7 Å². The molecule has 86 valence electrons. The lowest BCUT2D eigenvalue weighted by Gasteiger charge is -2.23. The highest BCUT2D eigenvalue weighted by Gasteiger charge is 2.37. The molecule has 0 atom stereocenters. The minimum absolute atomic E-state index is 0.585. The average Bonchev–Trinajstić information content (AvgIpc) is 2.24. The fourth-order valence-electron chi connectivity index (χ4n) is 1.04. The van der Waals surface area contributed by atoms with Gasteiger partial charge in [0.25, 0.3) is 0 Å². The van der Waals surface area contributed by atoms with Gasteiger partial charge in [0.15, 0.2) is 0 Å². The highest BCUT2D eigenvalue weighted by molar-refractivity contribution is 6.60. The quantitative estimate of drug-likeness (QED) is 0.448. The van der Waals surface area contributed by atoms with Crippen molar-refractivity contribution in [3.8, 4) is 0 Å². The predicted octanol–water partition coefficient (Wildman–Crippen LogP) is 0.230. The molecule has 0 rings (SSSR count). The lowest BCUT2D eigenvalue weighted by Crippen LogP contribution is -2.43. The molecule has 0 amide bonds. The van der Waals surface area contributed by atoms with Crippen molar-refractivity contribution >= 4 is 8.80 Å². The summed E-state index contributed by atoms with van der Waals surface area (Å²) in [6.07, 6.45) is 0.876. The number of ether oxygens (including phenoxy) is 1. The maximum absolute atomic E-state index is 5.35. The van der Waals surface area contributed by atoms with Crippen molar-refractivity contribution < 1.29 is 18.0 Å². The smallest absolute Gasteiger partial charge is 0.381 e. The van der Waals surface area contributed by atoms with Crippen LogP contribution in [0.15, 0.2) is 0 Å². The van der Waals surface area contributed by atoms with Gasteiger partial charge in [-0.15, -0.1) is 0 Å². The minimum atomic E-state index is -2.43. The van der Waals surface area contributed by atoms with E-state index in [2.05, 4.69) is 0 Å². The molecule has 0 heterocycles. The molecule has 0 aromatic heterocycles. The van der Waals surface area contributed by atoms with Gasteiger partial charge in [-0.05, 0) is 13.0 Å². The van der Waals surface area contributed by atoms with Gasteiger partial charge in [-0.3, -0.25) is 0 Å². The van der Waals surface area contributed by atoms with Crippen LogP contribution in [0.1, 0.15) is 6.42 Å². The second kappa shape index (κ2) is 8.34. The fourth-order valence-corrected chi connectivity index (χ4v) is 2.55. The number of hydrogen-bond donors (Lipinski definition) is 1. The Balaban J connectivity index is 3.61. The van der Waals surface area contributed by atoms with Crippen molar-refractivity contribution in [3.63, 3.8) is 0 Å². The standard InChI is InChI=1S/C8H21NO4Si/c1-10-14(11-2,12-3)8-7-13-6-4-5-9/h4-9H2,1-3H3. The van der Waals surface area contributed by atoms with Crippen LogP contribution >= 0.6 is 0 Å². The molecular weight excluding hydrogens is 202 g/mol. The van der Waals surface area contributed by atoms with Crippen LogP contribution in [0.3, 0.4) is 0 Å². The van der Waals surface area contributed by atoms with Crippen molar-refractivity contribution in [1.82, 2.24) is 0 Å². The third kappa shape index (κ3) is 5.04. The molecule has 0 aromatic carbocycles. The summed E-state index contributed by atoms with van der Waals surface area (Å²) in [5, 5.41) is 0. The zero-order valence-corrected chi connectivity index (χ0v) is 10.2. The lowest BCUT2D eigenvalue weighted by molar-refractivity contribution is 0.0951. The van der Waals surface area contributed by atoms with Crippen molar-refractivity contribution in [3.05, 3.63) is 0 Å². The van der Waals surface area contributed by atoms with E-state index in [1.54, 1.807) is 21.3 Å². The Morgan fingerprint density at radius 1 is 1.00 bits per heavy atom. The van der Waals surface area contributed by atoms with Gasteiger partial charge in [-0.1, -0.05) is 0 Å². The Kier molecular flexibility index (Phi) is 8.35. The van der Waals surface area contributed by atoms with Crippen molar-refractivity contribution in [2.45, 2.75) is 12.5 Å². The van der Waals surface area contributed by atoms with Gasteiger partial charge in [0.2, 0.25) is 0 Å². The molecule has 6 heteroatoms. The molecule has 0 aromatic rings. The summed E-state index contributed by atoms with van der Waals surface area (Å²) in [5.74, 6) is 0. The molecule has 2 N–H and O–H groups in total. The highest BCUT2D eigenvalue weighted by atomic mass is 28.4. The molecule has 0 saturated heterocycles. The lowest BCUT2D eigenvalue weighted by atomic mass is 10.5. The first-order chi connectivity index (χ1) is 6.74. The van der Waals surface area contributed by atoms with Gasteiger partial charge in [0, 0.05) is 34.0 Å². The third-order valence-electron chi connectivity index (χ3n) is 1.98. The van der Waals surface area contributed by atoms with Gasteiger partial charge in [0.1, 0.15) is 0 Å². The summed E-state index contributed by atoms with van der Waals surface area (Å²) in [4.78, 5) is 0. The maximum Gasteiger partial charge on any atom is 0.502 e. The summed E-state index contributed by atoms with van der Waals surface area (Å²) < 4.78 is 21.0. The van der Waals surface area contributed by atoms with Crippen molar-refractivity contribution in [2.75, 3.05) is 41.1 Å². The predicted molar refractivity (Wildman–Crippen MR) is 56.1 cm³/mol. The molecule has 0 bridgehead atoms. The zero-order chi connectivity index (χ0) is 10.9. The molecule has 0 saturated carbocycles. The average molecular weight is 223 g/mol. The van der Waals surface area contributed by atoms with E-state index in [0.717, 1.165) is 6.42 Å². The Labute approximate surface area is 86.8 Å². The van der Waals surface area contributed by atoms with E-state index in [9.17, 15) is 0 Å². The molecule has 0 aliphatic heterocycles. The van der Waals surface area contributed by atoms with Gasteiger partial charge >= 0.3 is 8.80 Å². The molecule has 0 aliphatic carbocycles. The van der Waals surface area contributed by atoms with Crippen LogP contribution < -0.4 is 5.73 Å². The van der Waals surface area contributed by atoms with Crippen molar-refractivity contribution in [1.29, 1.82) is 0 Å². The first-order valence-corrected chi connectivity index (χ1v) is 6.61. The van der Waals surface area contributed by atoms with E-state index in [1.807, 2.05) is 0 Å². The summed E-state index contributed by atoms with van der Waals surface area (Å²) in [6, 6.07) is 0.668. The monoisotopic (exact) mass is 223 g/mol. The summed E-state index contributed by atoms with van der Waals surface area (Å²) in [7, 11) is 2.36. The molecule has 0 aliphatic rings. The van der Waals surface area contributed by atoms with E-state index >= 15 is 0 Å². The Bertz CT molecular complexity index is 124. The normalized spacial score (nSPS) is 12.0. The Morgan fingerprint density at radius 3 is 2.00 bits per heavy atom. The molecule has 0 unspecified atom stereocenters. The Hall–Kier alpha value is 0.0169. The van der Waals surface area contributed by atoms with Gasteiger partial charge in [-0.2, -0.15) is 0 Å². The molecule has 0 fully saturated rings. The highest BCUT2D eigenvalue weighted by Crippen LogP contribution is 2.12. The summed E-state index contributed by atoms with van der Waals surface area (Å²) in [6.45, 7) is 1.92. The molecule has 0 spiro atoms. The van der Waals surface area contributed by atoms with Crippen LogP contribution in [-0.2, 0) is 18.0 Å². The number of hydrogen-bond acceptors (Lipinski definition) is 5. The van der Waals surface area contributed by atoms with Crippen LogP contribution in [0.5, 0.6) is 0 Å². The van der Waals surface area contributed by atoms with E-state index in [4.69, 9.17) is 23.7 Å². The van der Waals surface area contributed by atoms with Gasteiger partial charge in [-0.25, -0.2) is 0 Å². The van der Waals surface area contributed by atoms with Gasteiger partial charge in [0.05, 0.1) is 6.61 Å². The first-order valence-electron chi connectivity index (χ1n) is 4.68. The largest absolute Gasteiger partial charge is 0.502 e. The van der Waals surface area contributed by atoms with E-state index in [0.29, 0.717) is 25.8 Å². The van der Waals surface area contributed by atoms with E-state index in [1.165, 1.54) is 0 Å². The maximum atomic E-state index is 5.35. The zero-order valence-electron chi connectivity index (χ0n) is 9.25. The summed E-state index contributed by atoms with van der Waals surface area (Å²) >= 11 is 0. The first kappa shape index (κ1) is 14.0. The fraction of sp³-hybridized carbons (Fsp3) is 1.00. The van der Waals surface area contributed by atoms with Crippen molar-refractivity contribution in [2.24, 2.45) is 5.73 Å². The minimum Gasteiger partial charge on any atom is -0.381 e. The number of rotatable bonds is 9. The topological polar surface area (TPSA) is 62.9 Å². The molecule has 14 heavy (non-hydrogen) atoms. The molecule has 0 radical (unpaired) electrons. The summed E-state index contributed by atoms with van der Waals surface area (Å²) in [5.41, 5.74) is 5.33. The SMILES string of the molecule is CO[Si](CCOCCCN)(OC)OC. The van der Waals surface area contributed by atoms with Crippen LogP contribution in [-0.4, -0.2) is 49.9 Å². The second-order valence-corrected chi connectivity index (χ2v) is 5.89. The third-order valence-corrected chi connectivity index (χ3v) is 4.66. The van der Waals surface area contributed by atoms with E-state index < -0.39 is 8.80 Å². The van der Waals surface area contributed by atoms with Crippen LogP contribution in [0.2, 0.25) is 6.04 Å². The molecule has 5 nitrogen and oxygen atoms in total. The second-order valence-electron chi connectivity index (χ2n) is 2.80. The molecular formula is C8H21NO4Si. The van der Waals surface area contributed by atoms with Crippen LogP contribution in [0, 0.1) is 0 Å². The van der Waals surface area contributed by atoms with Crippen LogP contribution in [0.25, 0.3) is 0 Å². The Morgan fingerprint density at radius 2 is 1.57 bits per heavy atom. The van der Waals surface area contributed by atoms with E-state index in [-0.39, 0.29) is 0 Å². The van der Waals surface area contributed by atoms with Crippen LogP contribution in [0.4, 0.5) is 0 Å².